The van der Waals surface area contributed by atoms with Crippen molar-refractivity contribution in [2.45, 2.75) is 64.2 Å². The van der Waals surface area contributed by atoms with Crippen molar-refractivity contribution in [3.8, 4) is 0 Å². The Hall–Kier alpha value is 0.130. The normalized spacial score (nSPS) is 10.6. The largest absolute Gasteiger partial charge is 0.381 e. The highest BCUT2D eigenvalue weighted by atomic mass is 31.0. The minimum Gasteiger partial charge on any atom is -0.381 e. The van der Waals surface area contributed by atoms with Crippen LogP contribution in [0.15, 0.2) is 12.7 Å². The fourth-order valence-corrected chi connectivity index (χ4v) is 2.12. The first-order valence-electron chi connectivity index (χ1n) is 7.30. The van der Waals surface area contributed by atoms with Crippen molar-refractivity contribution in [1.82, 2.24) is 0 Å². The third-order valence-corrected chi connectivity index (χ3v) is 3.35. The molecule has 0 spiro atoms. The lowest BCUT2D eigenvalue weighted by Gasteiger charge is -2.04. The quantitative estimate of drug-likeness (QED) is 0.243. The Balaban J connectivity index is 2.87. The minimum absolute atomic E-state index is 0.963. The lowest BCUT2D eigenvalue weighted by atomic mass is 10.1. The molecule has 0 aliphatic rings. The zero-order valence-corrected chi connectivity index (χ0v) is 12.6. The van der Waals surface area contributed by atoms with Gasteiger partial charge in [0.05, 0.1) is 0 Å². The van der Waals surface area contributed by atoms with Crippen LogP contribution < -0.4 is 0 Å². The van der Waals surface area contributed by atoms with Crippen molar-refractivity contribution >= 4 is 9.24 Å². The van der Waals surface area contributed by atoms with E-state index in [4.69, 9.17) is 4.74 Å². The van der Waals surface area contributed by atoms with Gasteiger partial charge in [0.25, 0.3) is 0 Å². The van der Waals surface area contributed by atoms with E-state index in [9.17, 15) is 0 Å². The summed E-state index contributed by atoms with van der Waals surface area (Å²) in [6.45, 7) is 5.66. The molecule has 1 unspecified atom stereocenters. The average molecular weight is 258 g/mol. The number of hydrogen-bond donors (Lipinski definition) is 0. The van der Waals surface area contributed by atoms with Gasteiger partial charge in [0.1, 0.15) is 0 Å². The van der Waals surface area contributed by atoms with Gasteiger partial charge in [-0.2, -0.15) is 0 Å². The second kappa shape index (κ2) is 16.1. The van der Waals surface area contributed by atoms with E-state index >= 15 is 0 Å². The molecule has 0 N–H and O–H groups in total. The van der Waals surface area contributed by atoms with Gasteiger partial charge in [-0.1, -0.05) is 38.2 Å². The van der Waals surface area contributed by atoms with E-state index in [1.165, 1.54) is 70.4 Å². The molecule has 102 valence electrons. The highest BCUT2D eigenvalue weighted by Crippen LogP contribution is 2.06. The molecule has 0 rings (SSSR count). The Bertz CT molecular complexity index is 148. The Morgan fingerprint density at radius 3 is 1.88 bits per heavy atom. The number of unbranched alkanes of at least 4 members (excludes halogenated alkanes) is 8. The molecule has 1 nitrogen and oxygen atoms in total. The predicted molar refractivity (Wildman–Crippen MR) is 81.8 cm³/mol. The van der Waals surface area contributed by atoms with Gasteiger partial charge in [-0.15, -0.1) is 15.8 Å². The molecule has 2 heteroatoms. The number of allylic oxidation sites excluding steroid dienone is 1. The summed E-state index contributed by atoms with van der Waals surface area (Å²) in [4.78, 5) is 0. The van der Waals surface area contributed by atoms with Gasteiger partial charge in [0, 0.05) is 13.2 Å². The number of rotatable bonds is 14. The van der Waals surface area contributed by atoms with E-state index in [2.05, 4.69) is 15.8 Å². The van der Waals surface area contributed by atoms with Gasteiger partial charge >= 0.3 is 0 Å². The second-order valence-corrected chi connectivity index (χ2v) is 5.24. The molecule has 0 aromatic rings. The highest BCUT2D eigenvalue weighted by Gasteiger charge is 1.92. The van der Waals surface area contributed by atoms with Gasteiger partial charge in [0.2, 0.25) is 0 Å². The van der Waals surface area contributed by atoms with Gasteiger partial charge in [0.15, 0.2) is 0 Å². The predicted octanol–water partition coefficient (Wildman–Crippen LogP) is 4.97. The molecule has 0 radical (unpaired) electrons. The summed E-state index contributed by atoms with van der Waals surface area (Å²) in [5, 5.41) is 0. The molecule has 0 heterocycles. The van der Waals surface area contributed by atoms with Crippen LogP contribution in [-0.2, 0) is 4.74 Å². The Morgan fingerprint density at radius 2 is 1.29 bits per heavy atom. The Morgan fingerprint density at radius 1 is 0.765 bits per heavy atom. The molecule has 0 aliphatic carbocycles. The molecule has 0 aromatic carbocycles. The average Bonchev–Trinajstić information content (AvgIpc) is 2.35. The van der Waals surface area contributed by atoms with Crippen LogP contribution in [0, 0.1) is 0 Å². The summed E-state index contributed by atoms with van der Waals surface area (Å²) in [7, 11) is 2.78. The van der Waals surface area contributed by atoms with Crippen LogP contribution in [0.25, 0.3) is 0 Å². The van der Waals surface area contributed by atoms with Crippen molar-refractivity contribution in [3.63, 3.8) is 0 Å². The fraction of sp³-hybridized carbons (Fsp3) is 0.867. The minimum atomic E-state index is 0.963. The molecule has 0 aliphatic heterocycles. The molecular formula is C15H31OP. The molecule has 0 saturated carbocycles. The highest BCUT2D eigenvalue weighted by molar-refractivity contribution is 7.16. The zero-order chi connectivity index (χ0) is 12.6. The summed E-state index contributed by atoms with van der Waals surface area (Å²) in [6, 6.07) is 0. The summed E-state index contributed by atoms with van der Waals surface area (Å²) >= 11 is 0. The molecule has 1 atom stereocenters. The van der Waals surface area contributed by atoms with Gasteiger partial charge < -0.3 is 4.74 Å². The zero-order valence-electron chi connectivity index (χ0n) is 11.5. The van der Waals surface area contributed by atoms with E-state index in [1.807, 2.05) is 6.08 Å². The van der Waals surface area contributed by atoms with E-state index in [-0.39, 0.29) is 0 Å². The topological polar surface area (TPSA) is 9.23 Å². The van der Waals surface area contributed by atoms with Crippen molar-refractivity contribution in [2.24, 2.45) is 0 Å². The standard InChI is InChI=1S/C15H31OP/c1-2-3-4-5-6-7-10-13-16-14-11-8-9-12-15-17/h2H,1,3-15,17H2. The van der Waals surface area contributed by atoms with Crippen LogP contribution in [0.3, 0.4) is 0 Å². The Kier molecular flexibility index (Phi) is 16.3. The first-order valence-corrected chi connectivity index (χ1v) is 8.12. The molecule has 0 amide bonds. The Labute approximate surface area is 111 Å². The molecule has 0 bridgehead atoms. The van der Waals surface area contributed by atoms with Crippen LogP contribution in [0.5, 0.6) is 0 Å². The molecular weight excluding hydrogens is 227 g/mol. The lowest BCUT2D eigenvalue weighted by molar-refractivity contribution is 0.126. The van der Waals surface area contributed by atoms with Crippen LogP contribution >= 0.6 is 9.24 Å². The van der Waals surface area contributed by atoms with Gasteiger partial charge in [-0.3, -0.25) is 0 Å². The lowest BCUT2D eigenvalue weighted by Crippen LogP contribution is -1.97. The molecule has 0 saturated heterocycles. The maximum Gasteiger partial charge on any atom is 0.0466 e. The fourth-order valence-electron chi connectivity index (χ4n) is 1.83. The van der Waals surface area contributed by atoms with Crippen LogP contribution in [-0.4, -0.2) is 19.4 Å². The van der Waals surface area contributed by atoms with Gasteiger partial charge in [-0.05, 0) is 38.3 Å². The molecule has 0 aromatic heterocycles. The second-order valence-electron chi connectivity index (χ2n) is 4.66. The summed E-state index contributed by atoms with van der Waals surface area (Å²) < 4.78 is 5.62. The van der Waals surface area contributed by atoms with E-state index in [0.717, 1.165) is 13.2 Å². The maximum atomic E-state index is 5.62. The third kappa shape index (κ3) is 16.1. The summed E-state index contributed by atoms with van der Waals surface area (Å²) in [5.74, 6) is 0. The van der Waals surface area contributed by atoms with E-state index in [1.54, 1.807) is 0 Å². The first-order chi connectivity index (χ1) is 8.41. The first kappa shape index (κ1) is 17.1. The summed E-state index contributed by atoms with van der Waals surface area (Å²) in [5.41, 5.74) is 0. The van der Waals surface area contributed by atoms with Crippen LogP contribution in [0.1, 0.15) is 64.2 Å². The van der Waals surface area contributed by atoms with Crippen LogP contribution in [0.4, 0.5) is 0 Å². The third-order valence-electron chi connectivity index (χ3n) is 2.94. The smallest absolute Gasteiger partial charge is 0.0466 e. The van der Waals surface area contributed by atoms with E-state index < -0.39 is 0 Å². The number of ether oxygens (including phenoxy) is 1. The van der Waals surface area contributed by atoms with Crippen LogP contribution in [0.2, 0.25) is 0 Å². The van der Waals surface area contributed by atoms with Crippen molar-refractivity contribution in [2.75, 3.05) is 19.4 Å². The maximum absolute atomic E-state index is 5.62. The number of hydrogen-bond acceptors (Lipinski definition) is 1. The van der Waals surface area contributed by atoms with E-state index in [0.29, 0.717) is 0 Å². The monoisotopic (exact) mass is 258 g/mol. The molecule has 0 fully saturated rings. The van der Waals surface area contributed by atoms with Crippen molar-refractivity contribution in [1.29, 1.82) is 0 Å². The van der Waals surface area contributed by atoms with Crippen molar-refractivity contribution < 1.29 is 4.74 Å². The van der Waals surface area contributed by atoms with Crippen molar-refractivity contribution in [3.05, 3.63) is 12.7 Å². The molecule has 17 heavy (non-hydrogen) atoms. The SMILES string of the molecule is C=CCCCCCCCOCCCCCCP. The summed E-state index contributed by atoms with van der Waals surface area (Å²) in [6.07, 6.45) is 16.3. The van der Waals surface area contributed by atoms with Gasteiger partial charge in [-0.25, -0.2) is 0 Å².